The standard InChI is InChI=1S/C12H23NO2S/c14-16(15,10-11-6-7-11)9-8-13-12-4-2-1-3-5-12/h11-13H,1-10H2. The summed E-state index contributed by atoms with van der Waals surface area (Å²) >= 11 is 0. The molecule has 1 N–H and O–H groups in total. The molecule has 0 aromatic heterocycles. The number of sulfone groups is 1. The Bertz CT molecular complexity index is 303. The van der Waals surface area contributed by atoms with Gasteiger partial charge in [0.2, 0.25) is 0 Å². The van der Waals surface area contributed by atoms with Crippen molar-refractivity contribution in [2.45, 2.75) is 51.0 Å². The van der Waals surface area contributed by atoms with Crippen molar-refractivity contribution < 1.29 is 8.42 Å². The molecular weight excluding hydrogens is 222 g/mol. The lowest BCUT2D eigenvalue weighted by molar-refractivity contribution is 0.380. The van der Waals surface area contributed by atoms with E-state index in [1.54, 1.807) is 0 Å². The summed E-state index contributed by atoms with van der Waals surface area (Å²) in [5.74, 6) is 1.25. The van der Waals surface area contributed by atoms with E-state index in [0.717, 1.165) is 12.8 Å². The lowest BCUT2D eigenvalue weighted by Crippen LogP contribution is -2.35. The fourth-order valence-electron chi connectivity index (χ4n) is 2.45. The molecule has 0 amide bonds. The summed E-state index contributed by atoms with van der Waals surface area (Å²) in [5, 5.41) is 3.39. The van der Waals surface area contributed by atoms with Gasteiger partial charge in [-0.15, -0.1) is 0 Å². The van der Waals surface area contributed by atoms with Crippen LogP contribution in [0.4, 0.5) is 0 Å². The van der Waals surface area contributed by atoms with Crippen LogP contribution >= 0.6 is 0 Å². The molecule has 16 heavy (non-hydrogen) atoms. The van der Waals surface area contributed by atoms with E-state index < -0.39 is 9.84 Å². The lowest BCUT2D eigenvalue weighted by atomic mass is 9.96. The Morgan fingerprint density at radius 3 is 2.31 bits per heavy atom. The third-order valence-electron chi connectivity index (χ3n) is 3.64. The van der Waals surface area contributed by atoms with Gasteiger partial charge in [-0.3, -0.25) is 0 Å². The maximum atomic E-state index is 11.7. The first-order valence-corrected chi connectivity index (χ1v) is 8.42. The molecule has 2 rings (SSSR count). The van der Waals surface area contributed by atoms with E-state index in [0.29, 0.717) is 30.0 Å². The van der Waals surface area contributed by atoms with Crippen LogP contribution in [0.2, 0.25) is 0 Å². The summed E-state index contributed by atoms with van der Waals surface area (Å²) in [5.41, 5.74) is 0. The summed E-state index contributed by atoms with van der Waals surface area (Å²) in [6.45, 7) is 0.653. The van der Waals surface area contributed by atoms with Crippen molar-refractivity contribution in [2.24, 2.45) is 5.92 Å². The van der Waals surface area contributed by atoms with E-state index in [9.17, 15) is 8.42 Å². The quantitative estimate of drug-likeness (QED) is 0.775. The van der Waals surface area contributed by atoms with Crippen molar-refractivity contribution in [3.63, 3.8) is 0 Å². The molecule has 4 heteroatoms. The fraction of sp³-hybridized carbons (Fsp3) is 1.00. The highest BCUT2D eigenvalue weighted by molar-refractivity contribution is 7.91. The minimum Gasteiger partial charge on any atom is -0.313 e. The minimum atomic E-state index is -2.78. The molecule has 0 aliphatic heterocycles. The first kappa shape index (κ1) is 12.4. The minimum absolute atomic E-state index is 0.333. The number of nitrogens with one attached hydrogen (secondary N) is 1. The molecule has 0 aromatic carbocycles. The third kappa shape index (κ3) is 4.42. The smallest absolute Gasteiger partial charge is 0.151 e. The average molecular weight is 245 g/mol. The van der Waals surface area contributed by atoms with Gasteiger partial charge in [-0.05, 0) is 31.6 Å². The zero-order valence-corrected chi connectivity index (χ0v) is 10.8. The van der Waals surface area contributed by atoms with E-state index >= 15 is 0 Å². The number of hydrogen-bond acceptors (Lipinski definition) is 3. The second-order valence-electron chi connectivity index (χ2n) is 5.35. The number of rotatable bonds is 6. The monoisotopic (exact) mass is 245 g/mol. The zero-order chi connectivity index (χ0) is 11.4. The van der Waals surface area contributed by atoms with Crippen molar-refractivity contribution in [3.8, 4) is 0 Å². The Labute approximate surface area is 98.9 Å². The summed E-state index contributed by atoms with van der Waals surface area (Å²) in [7, 11) is -2.78. The Balaban J connectivity index is 1.62. The van der Waals surface area contributed by atoms with Gasteiger partial charge in [0.25, 0.3) is 0 Å². The van der Waals surface area contributed by atoms with Gasteiger partial charge in [-0.25, -0.2) is 8.42 Å². The average Bonchev–Trinajstić information content (AvgIpc) is 3.02. The maximum absolute atomic E-state index is 11.7. The van der Waals surface area contributed by atoms with Crippen LogP contribution in [-0.4, -0.2) is 32.5 Å². The van der Waals surface area contributed by atoms with Crippen LogP contribution in [0, 0.1) is 5.92 Å². The second-order valence-corrected chi connectivity index (χ2v) is 7.58. The molecule has 0 unspecified atom stereocenters. The molecule has 2 aliphatic carbocycles. The Kier molecular flexibility index (Phi) is 4.25. The van der Waals surface area contributed by atoms with E-state index in [-0.39, 0.29) is 0 Å². The molecule has 0 saturated heterocycles. The topological polar surface area (TPSA) is 46.2 Å². The van der Waals surface area contributed by atoms with Crippen LogP contribution in [0.5, 0.6) is 0 Å². The molecule has 0 radical (unpaired) electrons. The van der Waals surface area contributed by atoms with Crippen LogP contribution in [0.3, 0.4) is 0 Å². The molecule has 0 aromatic rings. The van der Waals surface area contributed by atoms with Gasteiger partial charge in [-0.2, -0.15) is 0 Å². The van der Waals surface area contributed by atoms with Crippen LogP contribution in [0.1, 0.15) is 44.9 Å². The summed E-state index contributed by atoms with van der Waals surface area (Å²) < 4.78 is 23.4. The highest BCUT2D eigenvalue weighted by Gasteiger charge is 2.27. The molecule has 0 atom stereocenters. The second kappa shape index (κ2) is 5.50. The summed E-state index contributed by atoms with van der Waals surface area (Å²) in [6, 6.07) is 0.574. The molecule has 3 nitrogen and oxygen atoms in total. The summed E-state index contributed by atoms with van der Waals surface area (Å²) in [4.78, 5) is 0. The van der Waals surface area contributed by atoms with Gasteiger partial charge >= 0.3 is 0 Å². The van der Waals surface area contributed by atoms with Crippen LogP contribution in [0.25, 0.3) is 0 Å². The van der Waals surface area contributed by atoms with Crippen LogP contribution in [-0.2, 0) is 9.84 Å². The predicted octanol–water partition coefficient (Wildman–Crippen LogP) is 1.73. The van der Waals surface area contributed by atoms with E-state index in [4.69, 9.17) is 0 Å². The summed E-state index contributed by atoms with van der Waals surface area (Å²) in [6.07, 6.45) is 8.63. The highest BCUT2D eigenvalue weighted by Crippen LogP contribution is 2.30. The maximum Gasteiger partial charge on any atom is 0.151 e. The molecular formula is C12H23NO2S. The van der Waals surface area contributed by atoms with Crippen molar-refractivity contribution >= 4 is 9.84 Å². The van der Waals surface area contributed by atoms with Gasteiger partial charge in [0, 0.05) is 12.6 Å². The first-order chi connectivity index (χ1) is 7.66. The Hall–Kier alpha value is -0.0900. The molecule has 0 bridgehead atoms. The SMILES string of the molecule is O=S(=O)(CCNC1CCCCC1)CC1CC1. The molecule has 2 fully saturated rings. The van der Waals surface area contributed by atoms with Crippen molar-refractivity contribution in [1.82, 2.24) is 5.32 Å². The lowest BCUT2D eigenvalue weighted by Gasteiger charge is -2.22. The van der Waals surface area contributed by atoms with Gasteiger partial charge in [0.1, 0.15) is 0 Å². The van der Waals surface area contributed by atoms with Crippen molar-refractivity contribution in [2.75, 3.05) is 18.1 Å². The third-order valence-corrected chi connectivity index (χ3v) is 5.44. The van der Waals surface area contributed by atoms with Crippen LogP contribution < -0.4 is 5.32 Å². The van der Waals surface area contributed by atoms with E-state index in [1.165, 1.54) is 32.1 Å². The molecule has 0 heterocycles. The van der Waals surface area contributed by atoms with Gasteiger partial charge < -0.3 is 5.32 Å². The first-order valence-electron chi connectivity index (χ1n) is 6.59. The van der Waals surface area contributed by atoms with E-state index in [1.807, 2.05) is 0 Å². The van der Waals surface area contributed by atoms with Crippen LogP contribution in [0.15, 0.2) is 0 Å². The Morgan fingerprint density at radius 2 is 1.69 bits per heavy atom. The molecule has 94 valence electrons. The van der Waals surface area contributed by atoms with Crippen molar-refractivity contribution in [1.29, 1.82) is 0 Å². The molecule has 2 saturated carbocycles. The van der Waals surface area contributed by atoms with E-state index in [2.05, 4.69) is 5.32 Å². The molecule has 2 aliphatic rings. The highest BCUT2D eigenvalue weighted by atomic mass is 32.2. The van der Waals surface area contributed by atoms with Gasteiger partial charge in [0.15, 0.2) is 9.84 Å². The largest absolute Gasteiger partial charge is 0.313 e. The zero-order valence-electron chi connectivity index (χ0n) is 9.95. The molecule has 0 spiro atoms. The van der Waals surface area contributed by atoms with Crippen molar-refractivity contribution in [3.05, 3.63) is 0 Å². The normalized spacial score (nSPS) is 23.5. The van der Waals surface area contributed by atoms with Gasteiger partial charge in [-0.1, -0.05) is 19.3 Å². The predicted molar refractivity (Wildman–Crippen MR) is 66.3 cm³/mol. The Morgan fingerprint density at radius 1 is 1.00 bits per heavy atom. The fourth-order valence-corrected chi connectivity index (χ4v) is 4.10. The number of hydrogen-bond donors (Lipinski definition) is 1. The van der Waals surface area contributed by atoms with Gasteiger partial charge in [0.05, 0.1) is 11.5 Å².